The van der Waals surface area contributed by atoms with E-state index in [1.165, 1.54) is 32.4 Å². The molecule has 0 spiro atoms. The van der Waals surface area contributed by atoms with Crippen molar-refractivity contribution in [2.24, 2.45) is 5.92 Å². The molecule has 1 N–H and O–H groups in total. The van der Waals surface area contributed by atoms with Crippen LogP contribution in [0.3, 0.4) is 0 Å². The molecule has 0 saturated carbocycles. The van der Waals surface area contributed by atoms with E-state index in [9.17, 15) is 0 Å². The Bertz CT molecular complexity index is 289. The minimum Gasteiger partial charge on any atom is -0.375 e. The van der Waals surface area contributed by atoms with Crippen molar-refractivity contribution in [2.45, 2.75) is 25.9 Å². The summed E-state index contributed by atoms with van der Waals surface area (Å²) >= 11 is 0. The third-order valence-electron chi connectivity index (χ3n) is 3.11. The summed E-state index contributed by atoms with van der Waals surface area (Å²) in [6, 6.07) is 5.93. The van der Waals surface area contributed by atoms with Crippen LogP contribution in [0.15, 0.2) is 24.4 Å². The fraction of sp³-hybridized carbons (Fsp3) is 0.615. The Morgan fingerprint density at radius 2 is 2.12 bits per heavy atom. The Morgan fingerprint density at radius 3 is 2.82 bits per heavy atom. The second-order valence-corrected chi connectivity index (χ2v) is 4.36. The topological polar surface area (TPSA) is 34.1 Å². The molecule has 0 aromatic carbocycles. The predicted octanol–water partition coefficient (Wildman–Crippen LogP) is 2.41. The zero-order chi connectivity index (χ0) is 11.1. The molecule has 0 atom stereocenters. The molecule has 0 bridgehead atoms. The lowest BCUT2D eigenvalue weighted by Gasteiger charge is -2.22. The third-order valence-corrected chi connectivity index (χ3v) is 3.11. The van der Waals surface area contributed by atoms with Gasteiger partial charge in [-0.2, -0.15) is 0 Å². The summed E-state index contributed by atoms with van der Waals surface area (Å²) in [5.41, 5.74) is 1.02. The van der Waals surface area contributed by atoms with Crippen LogP contribution < -0.4 is 5.32 Å². The van der Waals surface area contributed by atoms with E-state index in [2.05, 4.69) is 10.3 Å². The number of hydrogen-bond donors (Lipinski definition) is 1. The molecule has 1 aliphatic rings. The Balaban J connectivity index is 0.00000144. The molecule has 0 unspecified atom stereocenters. The van der Waals surface area contributed by atoms with Crippen molar-refractivity contribution in [3.05, 3.63) is 30.1 Å². The van der Waals surface area contributed by atoms with Crippen molar-refractivity contribution in [3.63, 3.8) is 0 Å². The van der Waals surface area contributed by atoms with Gasteiger partial charge in [0.15, 0.2) is 0 Å². The first kappa shape index (κ1) is 14.4. The van der Waals surface area contributed by atoms with Crippen LogP contribution in [0, 0.1) is 5.92 Å². The molecule has 0 amide bonds. The van der Waals surface area contributed by atoms with Gasteiger partial charge in [0.05, 0.1) is 12.3 Å². The minimum absolute atomic E-state index is 0. The van der Waals surface area contributed by atoms with Crippen LogP contribution in [0.5, 0.6) is 0 Å². The monoisotopic (exact) mass is 256 g/mol. The quantitative estimate of drug-likeness (QED) is 0.822. The van der Waals surface area contributed by atoms with Crippen LogP contribution in [0.4, 0.5) is 0 Å². The van der Waals surface area contributed by atoms with Gasteiger partial charge in [-0.3, -0.25) is 4.98 Å². The number of nitrogens with zero attached hydrogens (tertiary/aromatic N) is 1. The summed E-state index contributed by atoms with van der Waals surface area (Å²) in [7, 11) is 0. The number of rotatable bonds is 5. The summed E-state index contributed by atoms with van der Waals surface area (Å²) in [5, 5.41) is 3.38. The molecule has 2 rings (SSSR count). The molecule has 17 heavy (non-hydrogen) atoms. The van der Waals surface area contributed by atoms with Crippen molar-refractivity contribution in [1.82, 2.24) is 10.3 Å². The fourth-order valence-electron chi connectivity index (χ4n) is 2.08. The standard InChI is InChI=1S/C13H20N2O.ClH/c1-2-7-15-13(3-1)11-16-10-6-12-4-8-14-9-5-12;/h1-3,7,12,14H,4-6,8-11H2;1H. The van der Waals surface area contributed by atoms with Crippen molar-refractivity contribution >= 4 is 12.4 Å². The number of aromatic nitrogens is 1. The van der Waals surface area contributed by atoms with Crippen LogP contribution in [0.2, 0.25) is 0 Å². The first-order valence-corrected chi connectivity index (χ1v) is 6.13. The van der Waals surface area contributed by atoms with Gasteiger partial charge in [-0.1, -0.05) is 6.07 Å². The summed E-state index contributed by atoms with van der Waals surface area (Å²) in [4.78, 5) is 4.23. The molecule has 1 fully saturated rings. The first-order chi connectivity index (χ1) is 7.95. The van der Waals surface area contributed by atoms with Crippen LogP contribution in [-0.2, 0) is 11.3 Å². The molecule has 1 saturated heterocycles. The fourth-order valence-corrected chi connectivity index (χ4v) is 2.08. The van der Waals surface area contributed by atoms with Gasteiger partial charge in [-0.15, -0.1) is 12.4 Å². The van der Waals surface area contributed by atoms with E-state index in [0.717, 1.165) is 18.2 Å². The number of nitrogens with one attached hydrogen (secondary N) is 1. The lowest BCUT2D eigenvalue weighted by atomic mass is 9.95. The molecule has 3 nitrogen and oxygen atoms in total. The maximum absolute atomic E-state index is 5.64. The molecule has 0 aliphatic carbocycles. The lowest BCUT2D eigenvalue weighted by Crippen LogP contribution is -2.28. The highest BCUT2D eigenvalue weighted by Gasteiger charge is 2.12. The van der Waals surface area contributed by atoms with E-state index in [4.69, 9.17) is 4.74 Å². The maximum atomic E-state index is 5.64. The Labute approximate surface area is 109 Å². The van der Waals surface area contributed by atoms with Crippen LogP contribution in [0.25, 0.3) is 0 Å². The van der Waals surface area contributed by atoms with Gasteiger partial charge < -0.3 is 10.1 Å². The largest absolute Gasteiger partial charge is 0.375 e. The van der Waals surface area contributed by atoms with E-state index >= 15 is 0 Å². The normalized spacial score (nSPS) is 16.5. The zero-order valence-electron chi connectivity index (χ0n) is 10.1. The minimum atomic E-state index is 0. The predicted molar refractivity (Wildman–Crippen MR) is 71.4 cm³/mol. The third kappa shape index (κ3) is 5.48. The van der Waals surface area contributed by atoms with Crippen LogP contribution >= 0.6 is 12.4 Å². The first-order valence-electron chi connectivity index (χ1n) is 6.13. The summed E-state index contributed by atoms with van der Waals surface area (Å²) in [6.07, 6.45) is 5.60. The number of halogens is 1. The SMILES string of the molecule is Cl.c1ccc(COCCC2CCNCC2)nc1. The highest BCUT2D eigenvalue weighted by atomic mass is 35.5. The van der Waals surface area contributed by atoms with Crippen LogP contribution in [-0.4, -0.2) is 24.7 Å². The van der Waals surface area contributed by atoms with Crippen LogP contribution in [0.1, 0.15) is 25.0 Å². The highest BCUT2D eigenvalue weighted by Crippen LogP contribution is 2.15. The molecule has 96 valence electrons. The molecular formula is C13H21ClN2O. The van der Waals surface area contributed by atoms with Crippen molar-refractivity contribution in [1.29, 1.82) is 0 Å². The number of pyridine rings is 1. The van der Waals surface area contributed by atoms with E-state index < -0.39 is 0 Å². The van der Waals surface area contributed by atoms with E-state index in [1.807, 2.05) is 24.4 Å². The van der Waals surface area contributed by atoms with E-state index in [0.29, 0.717) is 6.61 Å². The van der Waals surface area contributed by atoms with Gasteiger partial charge in [0.25, 0.3) is 0 Å². The number of piperidine rings is 1. The molecule has 1 aromatic heterocycles. The van der Waals surface area contributed by atoms with E-state index in [1.54, 1.807) is 0 Å². The van der Waals surface area contributed by atoms with Gasteiger partial charge in [-0.05, 0) is 50.4 Å². The van der Waals surface area contributed by atoms with Crippen molar-refractivity contribution in [2.75, 3.05) is 19.7 Å². The second kappa shape index (κ2) is 8.45. The van der Waals surface area contributed by atoms with Gasteiger partial charge >= 0.3 is 0 Å². The molecule has 1 aliphatic heterocycles. The van der Waals surface area contributed by atoms with E-state index in [-0.39, 0.29) is 12.4 Å². The Kier molecular flexibility index (Phi) is 7.17. The second-order valence-electron chi connectivity index (χ2n) is 4.36. The molecular weight excluding hydrogens is 236 g/mol. The average molecular weight is 257 g/mol. The lowest BCUT2D eigenvalue weighted by molar-refractivity contribution is 0.100. The zero-order valence-corrected chi connectivity index (χ0v) is 10.9. The Hall–Kier alpha value is -0.640. The van der Waals surface area contributed by atoms with Gasteiger partial charge in [-0.25, -0.2) is 0 Å². The number of ether oxygens (including phenoxy) is 1. The number of hydrogen-bond acceptors (Lipinski definition) is 3. The summed E-state index contributed by atoms with van der Waals surface area (Å²) < 4.78 is 5.64. The van der Waals surface area contributed by atoms with Gasteiger partial charge in [0.2, 0.25) is 0 Å². The molecule has 2 heterocycles. The molecule has 1 aromatic rings. The highest BCUT2D eigenvalue weighted by molar-refractivity contribution is 5.85. The Morgan fingerprint density at radius 1 is 1.29 bits per heavy atom. The summed E-state index contributed by atoms with van der Waals surface area (Å²) in [6.45, 7) is 3.85. The van der Waals surface area contributed by atoms with Gasteiger partial charge in [0, 0.05) is 12.8 Å². The van der Waals surface area contributed by atoms with Gasteiger partial charge in [0.1, 0.15) is 0 Å². The average Bonchev–Trinajstić information content (AvgIpc) is 2.37. The summed E-state index contributed by atoms with van der Waals surface area (Å²) in [5.74, 6) is 0.852. The van der Waals surface area contributed by atoms with Crippen molar-refractivity contribution < 1.29 is 4.74 Å². The molecule has 4 heteroatoms. The molecule has 0 radical (unpaired) electrons. The van der Waals surface area contributed by atoms with Crippen molar-refractivity contribution in [3.8, 4) is 0 Å². The smallest absolute Gasteiger partial charge is 0.0887 e. The maximum Gasteiger partial charge on any atom is 0.0887 e.